The van der Waals surface area contributed by atoms with E-state index in [1.165, 1.54) is 25.5 Å². The highest BCUT2D eigenvalue weighted by Gasteiger charge is 2.40. The second-order valence-electron chi connectivity index (χ2n) is 6.83. The van der Waals surface area contributed by atoms with E-state index in [4.69, 9.17) is 5.41 Å². The molecule has 0 bridgehead atoms. The lowest BCUT2D eigenvalue weighted by Crippen LogP contribution is -2.38. The van der Waals surface area contributed by atoms with E-state index in [2.05, 4.69) is 39.0 Å². The fourth-order valence-corrected chi connectivity index (χ4v) is 3.92. The van der Waals surface area contributed by atoms with Crippen LogP contribution in [0.2, 0.25) is 0 Å². The fraction of sp³-hybridized carbons (Fsp3) is 0.421. The van der Waals surface area contributed by atoms with E-state index >= 15 is 0 Å². The van der Waals surface area contributed by atoms with Crippen LogP contribution in [0.25, 0.3) is 0 Å². The molecule has 2 fully saturated rings. The van der Waals surface area contributed by atoms with Crippen LogP contribution in [0.3, 0.4) is 0 Å². The van der Waals surface area contributed by atoms with Crippen molar-refractivity contribution in [3.8, 4) is 0 Å². The summed E-state index contributed by atoms with van der Waals surface area (Å²) in [7, 11) is 0. The Labute approximate surface area is 149 Å². The number of piperidine rings is 1. The molecule has 0 radical (unpaired) electrons. The minimum atomic E-state index is 0.414. The van der Waals surface area contributed by atoms with E-state index in [0.29, 0.717) is 11.0 Å². The second kappa shape index (κ2) is 7.61. The molecule has 0 atom stereocenters. The van der Waals surface area contributed by atoms with Crippen molar-refractivity contribution < 1.29 is 0 Å². The van der Waals surface area contributed by atoms with E-state index in [-0.39, 0.29) is 0 Å². The lowest BCUT2D eigenvalue weighted by atomic mass is 9.78. The minimum absolute atomic E-state index is 0.414. The summed E-state index contributed by atoms with van der Waals surface area (Å²) in [5.74, 6) is 0. The van der Waals surface area contributed by atoms with Gasteiger partial charge in [0.1, 0.15) is 0 Å². The second-order valence-corrected chi connectivity index (χ2v) is 6.83. The third-order valence-electron chi connectivity index (χ3n) is 5.36. The molecule has 6 nitrogen and oxygen atoms in total. The van der Waals surface area contributed by atoms with Crippen molar-refractivity contribution in [3.63, 3.8) is 0 Å². The zero-order valence-electron chi connectivity index (χ0n) is 14.6. The molecule has 0 unspecified atom stereocenters. The van der Waals surface area contributed by atoms with Gasteiger partial charge in [-0.05, 0) is 50.6 Å². The maximum atomic E-state index is 7.68. The molecule has 0 saturated carbocycles. The molecule has 3 rings (SSSR count). The molecule has 132 valence electrons. The molecule has 0 amide bonds. The van der Waals surface area contributed by atoms with Gasteiger partial charge in [0.15, 0.2) is 0 Å². The SMILES string of the molecule is C=N/C=C(C=N)/C1=C/N/N=C\C=C(\N2CCC3(CCNCC3)C2)C1=C. The average molecular weight is 338 g/mol. The largest absolute Gasteiger partial charge is 0.370 e. The normalized spacial score (nSPS) is 28.9. The van der Waals surface area contributed by atoms with Crippen molar-refractivity contribution in [2.45, 2.75) is 19.3 Å². The highest BCUT2D eigenvalue weighted by Crippen LogP contribution is 2.41. The number of hydrogen-bond acceptors (Lipinski definition) is 6. The average Bonchev–Trinajstić information content (AvgIpc) is 3.01. The summed E-state index contributed by atoms with van der Waals surface area (Å²) in [6.45, 7) is 12.1. The van der Waals surface area contributed by atoms with Crippen molar-refractivity contribution in [3.05, 3.63) is 47.5 Å². The van der Waals surface area contributed by atoms with E-state index in [1.54, 1.807) is 18.6 Å². The molecule has 3 aliphatic rings. The monoisotopic (exact) mass is 338 g/mol. The smallest absolute Gasteiger partial charge is 0.0492 e. The molecule has 2 saturated heterocycles. The zero-order valence-corrected chi connectivity index (χ0v) is 14.6. The van der Waals surface area contributed by atoms with E-state index in [0.717, 1.165) is 43.0 Å². The summed E-state index contributed by atoms with van der Waals surface area (Å²) in [5.41, 5.74) is 6.72. The lowest BCUT2D eigenvalue weighted by Gasteiger charge is -2.35. The van der Waals surface area contributed by atoms with Gasteiger partial charge in [0.05, 0.1) is 0 Å². The number of hydrogen-bond donors (Lipinski definition) is 3. The highest BCUT2D eigenvalue weighted by atomic mass is 15.3. The predicted molar refractivity (Wildman–Crippen MR) is 104 cm³/mol. The van der Waals surface area contributed by atoms with E-state index < -0.39 is 0 Å². The van der Waals surface area contributed by atoms with Gasteiger partial charge in [-0.1, -0.05) is 6.58 Å². The Kier molecular flexibility index (Phi) is 5.28. The predicted octanol–water partition coefficient (Wildman–Crippen LogP) is 2.21. The Hall–Kier alpha value is -2.47. The Balaban J connectivity index is 1.86. The number of nitrogens with zero attached hydrogens (tertiary/aromatic N) is 3. The molecule has 3 aliphatic heterocycles. The summed E-state index contributed by atoms with van der Waals surface area (Å²) in [4.78, 5) is 6.23. The molecule has 6 heteroatoms. The molecule has 0 aromatic heterocycles. The fourth-order valence-electron chi connectivity index (χ4n) is 3.92. The lowest BCUT2D eigenvalue weighted by molar-refractivity contribution is 0.210. The van der Waals surface area contributed by atoms with Crippen molar-refractivity contribution in [1.29, 1.82) is 5.41 Å². The van der Waals surface area contributed by atoms with Crippen molar-refractivity contribution in [2.24, 2.45) is 15.5 Å². The van der Waals surface area contributed by atoms with Gasteiger partial charge in [0.25, 0.3) is 0 Å². The van der Waals surface area contributed by atoms with E-state index in [1.807, 2.05) is 6.08 Å². The van der Waals surface area contributed by atoms with E-state index in [9.17, 15) is 0 Å². The number of nitrogens with one attached hydrogen (secondary N) is 3. The van der Waals surface area contributed by atoms with Gasteiger partial charge in [0, 0.05) is 60.3 Å². The van der Waals surface area contributed by atoms with Gasteiger partial charge >= 0.3 is 0 Å². The van der Waals surface area contributed by atoms with Gasteiger partial charge in [-0.25, -0.2) is 0 Å². The van der Waals surface area contributed by atoms with Crippen LogP contribution in [0, 0.1) is 10.8 Å². The molecular formula is C19H26N6. The first-order valence-electron chi connectivity index (χ1n) is 8.70. The van der Waals surface area contributed by atoms with Crippen molar-refractivity contribution >= 4 is 19.1 Å². The molecule has 0 aromatic carbocycles. The first-order chi connectivity index (χ1) is 12.2. The molecular weight excluding hydrogens is 312 g/mol. The summed E-state index contributed by atoms with van der Waals surface area (Å²) in [6, 6.07) is 0. The summed E-state index contributed by atoms with van der Waals surface area (Å²) < 4.78 is 0. The van der Waals surface area contributed by atoms with Crippen LogP contribution in [-0.2, 0) is 0 Å². The van der Waals surface area contributed by atoms with Crippen LogP contribution in [0.4, 0.5) is 0 Å². The topological polar surface area (TPSA) is 75.9 Å². The van der Waals surface area contributed by atoms with Crippen LogP contribution in [-0.4, -0.2) is 50.2 Å². The Bertz CT molecular complexity index is 676. The molecule has 0 aliphatic carbocycles. The van der Waals surface area contributed by atoms with Gasteiger partial charge in [-0.3, -0.25) is 10.4 Å². The van der Waals surface area contributed by atoms with Gasteiger partial charge in [-0.15, -0.1) is 0 Å². The minimum Gasteiger partial charge on any atom is -0.370 e. The summed E-state index contributed by atoms with van der Waals surface area (Å²) >= 11 is 0. The maximum Gasteiger partial charge on any atom is 0.0492 e. The zero-order chi connectivity index (χ0) is 17.7. The quantitative estimate of drug-likeness (QED) is 0.688. The first kappa shape index (κ1) is 17.4. The summed E-state index contributed by atoms with van der Waals surface area (Å²) in [6.07, 6.45) is 12.1. The molecule has 3 heterocycles. The number of allylic oxidation sites excluding steroid dienone is 3. The van der Waals surface area contributed by atoms with Crippen LogP contribution in [0.5, 0.6) is 0 Å². The molecule has 25 heavy (non-hydrogen) atoms. The number of hydrazone groups is 1. The Morgan fingerprint density at radius 3 is 2.88 bits per heavy atom. The molecule has 1 spiro atoms. The third kappa shape index (κ3) is 3.64. The highest BCUT2D eigenvalue weighted by molar-refractivity contribution is 5.86. The van der Waals surface area contributed by atoms with Gasteiger partial charge in [-0.2, -0.15) is 5.10 Å². The Morgan fingerprint density at radius 2 is 2.16 bits per heavy atom. The van der Waals surface area contributed by atoms with Crippen molar-refractivity contribution in [1.82, 2.24) is 15.6 Å². The van der Waals surface area contributed by atoms with Gasteiger partial charge in [0.2, 0.25) is 0 Å². The number of likely N-dealkylation sites (tertiary alicyclic amines) is 1. The van der Waals surface area contributed by atoms with Crippen molar-refractivity contribution in [2.75, 3.05) is 26.2 Å². The van der Waals surface area contributed by atoms with Crippen LogP contribution in [0.1, 0.15) is 19.3 Å². The third-order valence-corrected chi connectivity index (χ3v) is 5.36. The summed E-state index contributed by atoms with van der Waals surface area (Å²) in [5, 5.41) is 15.3. The van der Waals surface area contributed by atoms with Crippen LogP contribution >= 0.6 is 0 Å². The number of aliphatic imine (C=N–C) groups is 1. The maximum absolute atomic E-state index is 7.68. The molecule has 3 N–H and O–H groups in total. The van der Waals surface area contributed by atoms with Gasteiger partial charge < -0.3 is 15.6 Å². The standard InChI is InChI=1S/C19H26N6/c1-15-17(16(11-20)12-21-2)13-24-23-7-3-18(15)25-10-6-19(14-25)4-8-22-9-5-19/h3,7,11-13,20,22,24H,1-2,4-6,8-10,14H2/b16-12+,17-13+,18-3+,20-11?,23-7-. The number of rotatable bonds is 4. The van der Waals surface area contributed by atoms with Crippen LogP contribution < -0.4 is 10.7 Å². The Morgan fingerprint density at radius 1 is 1.36 bits per heavy atom. The first-order valence-corrected chi connectivity index (χ1v) is 8.70. The molecule has 0 aromatic rings. The van der Waals surface area contributed by atoms with Crippen LogP contribution in [0.15, 0.2) is 57.6 Å².